The number of carboxylic acid groups (broad SMARTS) is 1. The molecule has 0 aliphatic carbocycles. The first-order chi connectivity index (χ1) is 9.56. The van der Waals surface area contributed by atoms with Gasteiger partial charge in [0.25, 0.3) is 5.91 Å². The fourth-order valence-corrected chi connectivity index (χ4v) is 1.63. The third-order valence-corrected chi connectivity index (χ3v) is 2.60. The van der Waals surface area contributed by atoms with Crippen molar-refractivity contribution in [3.8, 4) is 5.75 Å². The predicted molar refractivity (Wildman–Crippen MR) is 70.5 cm³/mol. The average molecular weight is 272 g/mol. The Morgan fingerprint density at radius 1 is 1.15 bits per heavy atom. The van der Waals surface area contributed by atoms with Crippen molar-refractivity contribution in [3.63, 3.8) is 0 Å². The van der Waals surface area contributed by atoms with Gasteiger partial charge in [-0.2, -0.15) is 0 Å². The number of rotatable bonds is 4. The molecule has 102 valence electrons. The van der Waals surface area contributed by atoms with Crippen molar-refractivity contribution in [2.75, 3.05) is 0 Å². The highest BCUT2D eigenvalue weighted by Crippen LogP contribution is 2.10. The van der Waals surface area contributed by atoms with Crippen molar-refractivity contribution < 1.29 is 19.8 Å². The van der Waals surface area contributed by atoms with Gasteiger partial charge in [-0.05, 0) is 30.3 Å². The molecule has 0 aliphatic heterocycles. The molecule has 20 heavy (non-hydrogen) atoms. The molecular weight excluding hydrogens is 260 g/mol. The van der Waals surface area contributed by atoms with Crippen molar-refractivity contribution in [2.24, 2.45) is 0 Å². The lowest BCUT2D eigenvalue weighted by molar-refractivity contribution is 0.0696. The maximum Gasteiger partial charge on any atom is 0.335 e. The molecule has 0 saturated heterocycles. The van der Waals surface area contributed by atoms with Gasteiger partial charge in [-0.25, -0.2) is 4.79 Å². The second-order valence-electron chi connectivity index (χ2n) is 4.07. The van der Waals surface area contributed by atoms with E-state index in [0.717, 1.165) is 0 Å². The van der Waals surface area contributed by atoms with Gasteiger partial charge >= 0.3 is 5.97 Å². The highest BCUT2D eigenvalue weighted by molar-refractivity contribution is 5.94. The van der Waals surface area contributed by atoms with Gasteiger partial charge in [-0.15, -0.1) is 0 Å². The van der Waals surface area contributed by atoms with E-state index in [1.54, 1.807) is 12.1 Å². The number of hydrogen-bond acceptors (Lipinski definition) is 4. The summed E-state index contributed by atoms with van der Waals surface area (Å²) in [7, 11) is 0. The number of nitrogens with zero attached hydrogens (tertiary/aromatic N) is 1. The summed E-state index contributed by atoms with van der Waals surface area (Å²) in [5.74, 6) is -1.42. The number of aromatic carboxylic acids is 1. The minimum Gasteiger partial charge on any atom is -0.508 e. The lowest BCUT2D eigenvalue weighted by Gasteiger charge is -2.05. The number of aromatic hydroxyl groups is 1. The maximum absolute atomic E-state index is 11.8. The number of benzene rings is 1. The molecule has 1 aromatic carbocycles. The van der Waals surface area contributed by atoms with Crippen molar-refractivity contribution in [3.05, 3.63) is 59.4 Å². The van der Waals surface area contributed by atoms with Gasteiger partial charge in [0, 0.05) is 11.8 Å². The highest BCUT2D eigenvalue weighted by Gasteiger charge is 2.08. The number of amides is 1. The molecule has 0 atom stereocenters. The highest BCUT2D eigenvalue weighted by atomic mass is 16.4. The Kier molecular flexibility index (Phi) is 3.95. The van der Waals surface area contributed by atoms with Crippen molar-refractivity contribution in [1.82, 2.24) is 10.3 Å². The van der Waals surface area contributed by atoms with Gasteiger partial charge in [-0.3, -0.25) is 9.78 Å². The van der Waals surface area contributed by atoms with Gasteiger partial charge in [0.2, 0.25) is 0 Å². The number of hydrogen-bond donors (Lipinski definition) is 3. The van der Waals surface area contributed by atoms with Crippen LogP contribution >= 0.6 is 0 Å². The minimum atomic E-state index is -1.05. The van der Waals surface area contributed by atoms with Crippen LogP contribution in [0.15, 0.2) is 42.6 Å². The summed E-state index contributed by atoms with van der Waals surface area (Å²) in [5, 5.41) is 20.7. The van der Waals surface area contributed by atoms with E-state index in [1.807, 2.05) is 0 Å². The number of phenols is 1. The Balaban J connectivity index is 2.03. The molecule has 0 fully saturated rings. The first-order valence-corrected chi connectivity index (χ1v) is 5.82. The van der Waals surface area contributed by atoms with Crippen LogP contribution in [0.3, 0.4) is 0 Å². The third kappa shape index (κ3) is 3.32. The van der Waals surface area contributed by atoms with Crippen LogP contribution in [0, 0.1) is 0 Å². The number of phenolic OH excluding ortho intramolecular Hbond substituents is 1. The second kappa shape index (κ2) is 5.83. The molecular formula is C14H12N2O4. The lowest BCUT2D eigenvalue weighted by Crippen LogP contribution is -2.23. The standard InChI is InChI=1S/C14H12N2O4/c17-12-3-1-2-9(7-12)13(18)16-8-11-6-10(14(19)20)4-5-15-11/h1-7,17H,8H2,(H,16,18)(H,19,20). The summed E-state index contributed by atoms with van der Waals surface area (Å²) in [4.78, 5) is 26.6. The SMILES string of the molecule is O=C(O)c1ccnc(CNC(=O)c2cccc(O)c2)c1. The summed E-state index contributed by atoms with van der Waals surface area (Å²) in [6.07, 6.45) is 1.37. The van der Waals surface area contributed by atoms with Crippen LogP contribution in [0.1, 0.15) is 26.4 Å². The van der Waals surface area contributed by atoms with E-state index in [-0.39, 0.29) is 23.8 Å². The molecule has 2 rings (SSSR count). The quantitative estimate of drug-likeness (QED) is 0.781. The molecule has 3 N–H and O–H groups in total. The Morgan fingerprint density at radius 2 is 1.95 bits per heavy atom. The second-order valence-corrected chi connectivity index (χ2v) is 4.07. The number of carboxylic acids is 1. The zero-order valence-electron chi connectivity index (χ0n) is 10.4. The summed E-state index contributed by atoms with van der Waals surface area (Å²) in [6.45, 7) is 0.107. The topological polar surface area (TPSA) is 99.5 Å². The Bertz CT molecular complexity index is 655. The van der Waals surface area contributed by atoms with Crippen LogP contribution in [-0.2, 0) is 6.54 Å². The molecule has 1 heterocycles. The molecule has 6 nitrogen and oxygen atoms in total. The Morgan fingerprint density at radius 3 is 2.65 bits per heavy atom. The first-order valence-electron chi connectivity index (χ1n) is 5.82. The van der Waals surface area contributed by atoms with E-state index in [0.29, 0.717) is 11.3 Å². The van der Waals surface area contributed by atoms with Crippen molar-refractivity contribution in [1.29, 1.82) is 0 Å². The van der Waals surface area contributed by atoms with E-state index >= 15 is 0 Å². The molecule has 2 aromatic rings. The summed E-state index contributed by atoms with van der Waals surface area (Å²) in [5.41, 5.74) is 0.874. The molecule has 6 heteroatoms. The lowest BCUT2D eigenvalue weighted by atomic mass is 10.2. The predicted octanol–water partition coefficient (Wildman–Crippen LogP) is 1.42. The van der Waals surface area contributed by atoms with Crippen LogP contribution in [0.5, 0.6) is 5.75 Å². The zero-order chi connectivity index (χ0) is 14.5. The number of pyridine rings is 1. The van der Waals surface area contributed by atoms with E-state index < -0.39 is 5.97 Å². The van der Waals surface area contributed by atoms with Gasteiger partial charge in [-0.1, -0.05) is 6.07 Å². The van der Waals surface area contributed by atoms with Gasteiger partial charge in [0.1, 0.15) is 5.75 Å². The molecule has 0 radical (unpaired) electrons. The average Bonchev–Trinajstić information content (AvgIpc) is 2.45. The molecule has 1 amide bonds. The maximum atomic E-state index is 11.8. The van der Waals surface area contributed by atoms with Crippen LogP contribution in [-0.4, -0.2) is 27.1 Å². The van der Waals surface area contributed by atoms with Gasteiger partial charge < -0.3 is 15.5 Å². The molecule has 0 aliphatic rings. The smallest absolute Gasteiger partial charge is 0.335 e. The van der Waals surface area contributed by atoms with Crippen molar-refractivity contribution in [2.45, 2.75) is 6.54 Å². The normalized spacial score (nSPS) is 10.0. The van der Waals surface area contributed by atoms with E-state index in [2.05, 4.69) is 10.3 Å². The fraction of sp³-hybridized carbons (Fsp3) is 0.0714. The molecule has 0 saturated carbocycles. The summed E-state index contributed by atoms with van der Waals surface area (Å²) < 4.78 is 0. The summed E-state index contributed by atoms with van der Waals surface area (Å²) >= 11 is 0. The number of carbonyl (C=O) groups excluding carboxylic acids is 1. The van der Waals surface area contributed by atoms with Gasteiger partial charge in [0.15, 0.2) is 0 Å². The van der Waals surface area contributed by atoms with Crippen LogP contribution in [0.4, 0.5) is 0 Å². The number of carbonyl (C=O) groups is 2. The fourth-order valence-electron chi connectivity index (χ4n) is 1.63. The Hall–Kier alpha value is -2.89. The Labute approximate surface area is 114 Å². The molecule has 0 spiro atoms. The molecule has 0 unspecified atom stereocenters. The van der Waals surface area contributed by atoms with Crippen LogP contribution < -0.4 is 5.32 Å². The van der Waals surface area contributed by atoms with E-state index in [4.69, 9.17) is 5.11 Å². The van der Waals surface area contributed by atoms with Crippen LogP contribution in [0.2, 0.25) is 0 Å². The molecule has 1 aromatic heterocycles. The first kappa shape index (κ1) is 13.5. The minimum absolute atomic E-state index is 0.00338. The summed E-state index contributed by atoms with van der Waals surface area (Å²) in [6, 6.07) is 8.71. The number of nitrogens with one attached hydrogen (secondary N) is 1. The zero-order valence-corrected chi connectivity index (χ0v) is 10.4. The van der Waals surface area contributed by atoms with Gasteiger partial charge in [0.05, 0.1) is 17.8 Å². The van der Waals surface area contributed by atoms with E-state index in [9.17, 15) is 14.7 Å². The number of aromatic nitrogens is 1. The largest absolute Gasteiger partial charge is 0.508 e. The molecule has 0 bridgehead atoms. The van der Waals surface area contributed by atoms with E-state index in [1.165, 1.54) is 30.5 Å². The van der Waals surface area contributed by atoms with Crippen LogP contribution in [0.25, 0.3) is 0 Å². The van der Waals surface area contributed by atoms with Crippen molar-refractivity contribution >= 4 is 11.9 Å². The monoisotopic (exact) mass is 272 g/mol. The third-order valence-electron chi connectivity index (χ3n) is 2.60.